The Morgan fingerprint density at radius 3 is 2.55 bits per heavy atom. The minimum Gasteiger partial charge on any atom is -0.516 e. The maximum absolute atomic E-state index is 9.09. The summed E-state index contributed by atoms with van der Waals surface area (Å²) in [6.07, 6.45) is 2.09. The summed E-state index contributed by atoms with van der Waals surface area (Å²) in [6.45, 7) is 0. The molecule has 1 aromatic rings. The summed E-state index contributed by atoms with van der Waals surface area (Å²) in [5, 5.41) is 26.4. The minimum absolute atomic E-state index is 0.0214. The van der Waals surface area contributed by atoms with Gasteiger partial charge in [-0.15, -0.1) is 0 Å². The van der Waals surface area contributed by atoms with E-state index in [0.717, 1.165) is 6.26 Å². The van der Waals surface area contributed by atoms with Gasteiger partial charge in [-0.1, -0.05) is 0 Å². The van der Waals surface area contributed by atoms with Gasteiger partial charge in [-0.05, 0) is 24.3 Å². The molecular weight excluding hydrogens is 144 g/mol. The van der Waals surface area contributed by atoms with Gasteiger partial charge in [0.15, 0.2) is 0 Å². The quantitative estimate of drug-likeness (QED) is 0.423. The van der Waals surface area contributed by atoms with Gasteiger partial charge in [-0.3, -0.25) is 0 Å². The number of aliphatic hydroxyl groups excluding tert-OH is 1. The zero-order valence-electron chi connectivity index (χ0n) is 5.73. The monoisotopic (exact) mass is 152 g/mol. The second-order valence-electron chi connectivity index (χ2n) is 2.06. The van der Waals surface area contributed by atoms with Gasteiger partial charge in [0.2, 0.25) is 0 Å². The van der Waals surface area contributed by atoms with E-state index in [4.69, 9.17) is 15.3 Å². The molecule has 0 amide bonds. The Labute approximate surface area is 63.9 Å². The second-order valence-corrected chi connectivity index (χ2v) is 2.06. The number of phenols is 2. The van der Waals surface area contributed by atoms with Gasteiger partial charge in [0.05, 0.1) is 6.26 Å². The van der Waals surface area contributed by atoms with Gasteiger partial charge in [0, 0.05) is 5.56 Å². The molecule has 58 valence electrons. The van der Waals surface area contributed by atoms with Crippen molar-refractivity contribution in [3.63, 3.8) is 0 Å². The van der Waals surface area contributed by atoms with Gasteiger partial charge in [-0.25, -0.2) is 0 Å². The standard InChI is InChI=1S/C8H8O3/c9-4-3-6-5-7(10)1-2-8(6)11/h1-5,9-11H/b4-3-. The average molecular weight is 152 g/mol. The summed E-state index contributed by atoms with van der Waals surface area (Å²) < 4.78 is 0. The van der Waals surface area contributed by atoms with E-state index in [1.54, 1.807) is 0 Å². The topological polar surface area (TPSA) is 60.7 Å². The van der Waals surface area contributed by atoms with Crippen molar-refractivity contribution in [2.75, 3.05) is 0 Å². The van der Waals surface area contributed by atoms with Crippen molar-refractivity contribution in [2.45, 2.75) is 0 Å². The molecule has 1 rings (SSSR count). The molecular formula is C8H8O3. The summed E-state index contributed by atoms with van der Waals surface area (Å²) in [5.74, 6) is 0.0731. The highest BCUT2D eigenvalue weighted by molar-refractivity contribution is 5.57. The van der Waals surface area contributed by atoms with E-state index in [2.05, 4.69) is 0 Å². The van der Waals surface area contributed by atoms with Crippen molar-refractivity contribution < 1.29 is 15.3 Å². The summed E-state index contributed by atoms with van der Waals surface area (Å²) >= 11 is 0. The first-order valence-corrected chi connectivity index (χ1v) is 3.07. The fourth-order valence-corrected chi connectivity index (χ4v) is 0.756. The molecule has 0 atom stereocenters. The Kier molecular flexibility index (Phi) is 2.01. The van der Waals surface area contributed by atoms with E-state index in [9.17, 15) is 0 Å². The Morgan fingerprint density at radius 1 is 1.18 bits per heavy atom. The van der Waals surface area contributed by atoms with Gasteiger partial charge in [0.1, 0.15) is 11.5 Å². The van der Waals surface area contributed by atoms with E-state index in [-0.39, 0.29) is 11.5 Å². The highest BCUT2D eigenvalue weighted by Crippen LogP contribution is 2.22. The molecule has 3 nitrogen and oxygen atoms in total. The molecule has 11 heavy (non-hydrogen) atoms. The number of phenolic OH excluding ortho intramolecular Hbond substituents is 2. The van der Waals surface area contributed by atoms with Crippen LogP contribution in [0.25, 0.3) is 6.08 Å². The van der Waals surface area contributed by atoms with E-state index >= 15 is 0 Å². The summed E-state index contributed by atoms with van der Waals surface area (Å²) in [5.41, 5.74) is 0.382. The molecule has 0 heterocycles. The average Bonchev–Trinajstić information content (AvgIpc) is 1.98. The van der Waals surface area contributed by atoms with Crippen LogP contribution in [0.2, 0.25) is 0 Å². The van der Waals surface area contributed by atoms with E-state index in [1.807, 2.05) is 0 Å². The molecule has 3 N–H and O–H groups in total. The Hall–Kier alpha value is -1.64. The molecule has 1 aromatic carbocycles. The lowest BCUT2D eigenvalue weighted by Gasteiger charge is -1.97. The SMILES string of the molecule is O/C=C\c1cc(O)ccc1O. The van der Waals surface area contributed by atoms with Crippen LogP contribution in [0.5, 0.6) is 11.5 Å². The largest absolute Gasteiger partial charge is 0.516 e. The minimum atomic E-state index is 0.0214. The third-order valence-electron chi connectivity index (χ3n) is 1.27. The molecule has 0 aliphatic rings. The third-order valence-corrected chi connectivity index (χ3v) is 1.27. The van der Waals surface area contributed by atoms with Crippen LogP contribution in [-0.2, 0) is 0 Å². The molecule has 0 saturated carbocycles. The summed E-state index contributed by atoms with van der Waals surface area (Å²) in [7, 11) is 0. The number of hydrogen-bond donors (Lipinski definition) is 3. The molecule has 0 spiro atoms. The van der Waals surface area contributed by atoms with Gasteiger partial charge >= 0.3 is 0 Å². The van der Waals surface area contributed by atoms with E-state index in [0.29, 0.717) is 5.56 Å². The lowest BCUT2D eigenvalue weighted by atomic mass is 10.2. The molecule has 0 aliphatic carbocycles. The number of hydrogen-bond acceptors (Lipinski definition) is 3. The zero-order chi connectivity index (χ0) is 8.27. The Morgan fingerprint density at radius 2 is 1.91 bits per heavy atom. The van der Waals surface area contributed by atoms with Crippen LogP contribution in [0, 0.1) is 0 Å². The van der Waals surface area contributed by atoms with Crippen LogP contribution < -0.4 is 0 Å². The van der Waals surface area contributed by atoms with Crippen molar-refractivity contribution in [2.24, 2.45) is 0 Å². The highest BCUT2D eigenvalue weighted by Gasteiger charge is 1.97. The molecule has 0 bridgehead atoms. The highest BCUT2D eigenvalue weighted by atomic mass is 16.3. The second kappa shape index (κ2) is 2.96. The first-order valence-electron chi connectivity index (χ1n) is 3.07. The first kappa shape index (κ1) is 7.47. The maximum Gasteiger partial charge on any atom is 0.123 e. The predicted octanol–water partition coefficient (Wildman–Crippen LogP) is 1.63. The fraction of sp³-hybridized carbons (Fsp3) is 0. The van der Waals surface area contributed by atoms with Crippen molar-refractivity contribution in [1.29, 1.82) is 0 Å². The number of aliphatic hydroxyl groups is 1. The van der Waals surface area contributed by atoms with Gasteiger partial charge < -0.3 is 15.3 Å². The molecule has 0 radical (unpaired) electrons. The lowest BCUT2D eigenvalue weighted by Crippen LogP contribution is -1.73. The Bertz CT molecular complexity index is 279. The fourth-order valence-electron chi connectivity index (χ4n) is 0.756. The maximum atomic E-state index is 9.09. The molecule has 0 saturated heterocycles. The Balaban J connectivity index is 3.12. The molecule has 3 heteroatoms. The lowest BCUT2D eigenvalue weighted by molar-refractivity contribution is 0.457. The molecule has 0 fully saturated rings. The third kappa shape index (κ3) is 1.64. The van der Waals surface area contributed by atoms with Crippen LogP contribution in [0.15, 0.2) is 24.5 Å². The summed E-state index contributed by atoms with van der Waals surface area (Å²) in [6, 6.07) is 4.07. The number of aromatic hydroxyl groups is 2. The summed E-state index contributed by atoms with van der Waals surface area (Å²) in [4.78, 5) is 0. The van der Waals surface area contributed by atoms with Crippen LogP contribution in [0.3, 0.4) is 0 Å². The molecule has 0 unspecified atom stereocenters. The van der Waals surface area contributed by atoms with Gasteiger partial charge in [0.25, 0.3) is 0 Å². The van der Waals surface area contributed by atoms with Crippen molar-refractivity contribution in [3.8, 4) is 11.5 Å². The molecule has 0 aromatic heterocycles. The number of benzene rings is 1. The molecule has 0 aliphatic heterocycles. The van der Waals surface area contributed by atoms with Gasteiger partial charge in [-0.2, -0.15) is 0 Å². The smallest absolute Gasteiger partial charge is 0.123 e. The van der Waals surface area contributed by atoms with Crippen molar-refractivity contribution in [1.82, 2.24) is 0 Å². The zero-order valence-corrected chi connectivity index (χ0v) is 5.73. The first-order chi connectivity index (χ1) is 5.24. The van der Waals surface area contributed by atoms with Crippen LogP contribution in [0.1, 0.15) is 5.56 Å². The van der Waals surface area contributed by atoms with E-state index in [1.165, 1.54) is 24.3 Å². The van der Waals surface area contributed by atoms with Crippen LogP contribution in [0.4, 0.5) is 0 Å². The van der Waals surface area contributed by atoms with Crippen molar-refractivity contribution in [3.05, 3.63) is 30.0 Å². The van der Waals surface area contributed by atoms with Crippen LogP contribution >= 0.6 is 0 Å². The van der Waals surface area contributed by atoms with Crippen molar-refractivity contribution >= 4 is 6.08 Å². The van der Waals surface area contributed by atoms with Crippen LogP contribution in [-0.4, -0.2) is 15.3 Å². The normalized spacial score (nSPS) is 10.5. The van der Waals surface area contributed by atoms with E-state index < -0.39 is 0 Å². The predicted molar refractivity (Wildman–Crippen MR) is 41.4 cm³/mol. The number of rotatable bonds is 1.